The number of hydrogen-bond acceptors (Lipinski definition) is 7. The average molecular weight is 371 g/mol. The number of morpholine rings is 1. The second-order valence-corrected chi connectivity index (χ2v) is 5.64. The number of primary amides is 1. The van der Waals surface area contributed by atoms with Crippen molar-refractivity contribution in [2.24, 2.45) is 5.73 Å². The Labute approximate surface area is 154 Å². The van der Waals surface area contributed by atoms with Crippen LogP contribution in [0.4, 0.5) is 16.3 Å². The zero-order chi connectivity index (χ0) is 19.4. The first kappa shape index (κ1) is 18.3. The lowest BCUT2D eigenvalue weighted by Crippen LogP contribution is -2.42. The highest BCUT2D eigenvalue weighted by Crippen LogP contribution is 2.33. The van der Waals surface area contributed by atoms with E-state index in [1.165, 1.54) is 30.3 Å². The van der Waals surface area contributed by atoms with Gasteiger partial charge >= 0.3 is 6.09 Å². The predicted octanol–water partition coefficient (Wildman–Crippen LogP) is 0.923. The number of rotatable bonds is 4. The van der Waals surface area contributed by atoms with Gasteiger partial charge in [0.25, 0.3) is 5.91 Å². The number of hydrogen-bond donors (Lipinski definition) is 2. The van der Waals surface area contributed by atoms with Crippen molar-refractivity contribution in [1.82, 2.24) is 9.97 Å². The molecule has 10 heteroatoms. The minimum Gasteiger partial charge on any atom is -0.410 e. The van der Waals surface area contributed by atoms with Crippen molar-refractivity contribution in [1.29, 1.82) is 0 Å². The zero-order valence-electron chi connectivity index (χ0n) is 14.5. The Bertz CT molecular complexity index is 901. The van der Waals surface area contributed by atoms with Crippen LogP contribution in [-0.2, 0) is 14.3 Å². The minimum absolute atomic E-state index is 0.0412. The van der Waals surface area contributed by atoms with Gasteiger partial charge in [-0.1, -0.05) is 0 Å². The first-order valence-electron chi connectivity index (χ1n) is 8.04. The molecule has 1 fully saturated rings. The number of ether oxygens (including phenoxy) is 2. The average Bonchev–Trinajstić information content (AvgIpc) is 2.62. The maximum Gasteiger partial charge on any atom is 0.409 e. The van der Waals surface area contributed by atoms with Crippen molar-refractivity contribution >= 4 is 29.4 Å². The van der Waals surface area contributed by atoms with E-state index in [2.05, 4.69) is 15.3 Å². The van der Waals surface area contributed by atoms with Crippen LogP contribution in [0.3, 0.4) is 0 Å². The van der Waals surface area contributed by atoms with Gasteiger partial charge in [0.1, 0.15) is 12.4 Å². The van der Waals surface area contributed by atoms with Crippen LogP contribution in [-0.4, -0.2) is 47.6 Å². The van der Waals surface area contributed by atoms with Crippen molar-refractivity contribution < 1.29 is 23.9 Å². The van der Waals surface area contributed by atoms with Crippen molar-refractivity contribution in [3.63, 3.8) is 0 Å². The molecule has 2 aromatic rings. The van der Waals surface area contributed by atoms with Crippen LogP contribution in [0.5, 0.6) is 5.75 Å². The summed E-state index contributed by atoms with van der Waals surface area (Å²) in [5.74, 6) is -0.207. The molecule has 1 saturated heterocycles. The fraction of sp³-hybridized carbons (Fsp3) is 0.235. The van der Waals surface area contributed by atoms with Gasteiger partial charge in [0.2, 0.25) is 5.91 Å². The van der Waals surface area contributed by atoms with Gasteiger partial charge in [0.05, 0.1) is 23.6 Å². The van der Waals surface area contributed by atoms with Crippen LogP contribution in [0.15, 0.2) is 30.6 Å². The smallest absolute Gasteiger partial charge is 0.409 e. The van der Waals surface area contributed by atoms with E-state index in [1.807, 2.05) is 0 Å². The summed E-state index contributed by atoms with van der Waals surface area (Å²) in [4.78, 5) is 44.8. The molecule has 0 bridgehead atoms. The normalized spacial score (nSPS) is 14.0. The van der Waals surface area contributed by atoms with Crippen molar-refractivity contribution in [3.05, 3.63) is 30.6 Å². The second-order valence-electron chi connectivity index (χ2n) is 5.64. The van der Waals surface area contributed by atoms with Gasteiger partial charge in [0, 0.05) is 31.9 Å². The van der Waals surface area contributed by atoms with E-state index in [1.54, 1.807) is 12.1 Å². The Kier molecular flexibility index (Phi) is 5.27. The maximum atomic E-state index is 12.1. The number of amides is 3. The highest BCUT2D eigenvalue weighted by molar-refractivity contribution is 6.00. The molecule has 27 heavy (non-hydrogen) atoms. The number of aromatic nitrogens is 2. The highest BCUT2D eigenvalue weighted by atomic mass is 16.5. The summed E-state index contributed by atoms with van der Waals surface area (Å²) in [5.41, 5.74) is 6.32. The SMILES string of the molecule is CC(=O)Nc1nc(-c2cnccc2OC(N)=O)ccc1N1CCOCC1=O. The third-order valence-electron chi connectivity index (χ3n) is 3.71. The summed E-state index contributed by atoms with van der Waals surface area (Å²) in [6.07, 6.45) is 1.93. The van der Waals surface area contributed by atoms with Crippen LogP contribution in [0.2, 0.25) is 0 Å². The second kappa shape index (κ2) is 7.79. The van der Waals surface area contributed by atoms with Gasteiger partial charge in [0.15, 0.2) is 5.82 Å². The third-order valence-corrected chi connectivity index (χ3v) is 3.71. The quantitative estimate of drug-likeness (QED) is 0.815. The van der Waals surface area contributed by atoms with Crippen LogP contribution >= 0.6 is 0 Å². The molecular weight excluding hydrogens is 354 g/mol. The lowest BCUT2D eigenvalue weighted by atomic mass is 10.1. The van der Waals surface area contributed by atoms with Crippen LogP contribution in [0.25, 0.3) is 11.3 Å². The predicted molar refractivity (Wildman–Crippen MR) is 95.2 cm³/mol. The molecule has 0 aromatic carbocycles. The summed E-state index contributed by atoms with van der Waals surface area (Å²) in [5, 5.41) is 2.62. The van der Waals surface area contributed by atoms with E-state index in [4.69, 9.17) is 15.2 Å². The fourth-order valence-corrected chi connectivity index (χ4v) is 2.62. The van der Waals surface area contributed by atoms with Crippen LogP contribution < -0.4 is 20.7 Å². The molecule has 0 atom stereocenters. The number of carbonyl (C=O) groups excluding carboxylic acids is 3. The Morgan fingerprint density at radius 3 is 2.85 bits per heavy atom. The van der Waals surface area contributed by atoms with E-state index in [0.717, 1.165) is 0 Å². The first-order valence-corrected chi connectivity index (χ1v) is 8.04. The Morgan fingerprint density at radius 1 is 1.33 bits per heavy atom. The van der Waals surface area contributed by atoms with Crippen LogP contribution in [0.1, 0.15) is 6.92 Å². The number of carbonyl (C=O) groups is 3. The number of anilines is 2. The lowest BCUT2D eigenvalue weighted by molar-refractivity contribution is -0.125. The Balaban J connectivity index is 2.05. The molecule has 0 unspecified atom stereocenters. The molecule has 0 spiro atoms. The molecule has 3 N–H and O–H groups in total. The van der Waals surface area contributed by atoms with Gasteiger partial charge in [-0.15, -0.1) is 0 Å². The maximum absolute atomic E-state index is 12.1. The number of nitrogens with one attached hydrogen (secondary N) is 1. The van der Waals surface area contributed by atoms with E-state index >= 15 is 0 Å². The molecule has 2 aromatic heterocycles. The third kappa shape index (κ3) is 4.18. The van der Waals surface area contributed by atoms with Gasteiger partial charge < -0.3 is 25.4 Å². The van der Waals surface area contributed by atoms with E-state index in [0.29, 0.717) is 30.1 Å². The standard InChI is InChI=1S/C17H17N5O5/c1-10(23)20-16-13(22-6-7-26-9-15(22)24)3-2-12(21-16)11-8-19-5-4-14(11)27-17(18)25/h2-5,8H,6-7,9H2,1H3,(H2,18,25)(H,20,21,23). The van der Waals surface area contributed by atoms with Gasteiger partial charge in [-0.05, 0) is 12.1 Å². The molecular formula is C17H17N5O5. The minimum atomic E-state index is -0.972. The molecule has 1 aliphatic rings. The molecule has 140 valence electrons. The monoisotopic (exact) mass is 371 g/mol. The van der Waals surface area contributed by atoms with Crippen molar-refractivity contribution in [2.45, 2.75) is 6.92 Å². The summed E-state index contributed by atoms with van der Waals surface area (Å²) < 4.78 is 10.1. The van der Waals surface area contributed by atoms with Gasteiger partial charge in [-0.2, -0.15) is 0 Å². The Hall–Kier alpha value is -3.53. The Morgan fingerprint density at radius 2 is 2.15 bits per heavy atom. The van der Waals surface area contributed by atoms with Crippen LogP contribution in [0, 0.1) is 0 Å². The first-order chi connectivity index (χ1) is 13.0. The van der Waals surface area contributed by atoms with Crippen molar-refractivity contribution in [3.8, 4) is 17.0 Å². The highest BCUT2D eigenvalue weighted by Gasteiger charge is 2.24. The van der Waals surface area contributed by atoms with E-state index in [-0.39, 0.29) is 30.0 Å². The molecule has 0 saturated carbocycles. The molecule has 3 rings (SSSR count). The summed E-state index contributed by atoms with van der Waals surface area (Å²) in [6, 6.07) is 4.76. The molecule has 3 heterocycles. The molecule has 1 aliphatic heterocycles. The molecule has 0 radical (unpaired) electrons. The summed E-state index contributed by atoms with van der Waals surface area (Å²) in [7, 11) is 0. The molecule has 10 nitrogen and oxygen atoms in total. The molecule has 0 aliphatic carbocycles. The lowest BCUT2D eigenvalue weighted by Gasteiger charge is -2.28. The van der Waals surface area contributed by atoms with Gasteiger partial charge in [-0.3, -0.25) is 14.6 Å². The fourth-order valence-electron chi connectivity index (χ4n) is 2.62. The van der Waals surface area contributed by atoms with Crippen molar-refractivity contribution in [2.75, 3.05) is 30.0 Å². The number of pyridine rings is 2. The molecule has 3 amide bonds. The summed E-state index contributed by atoms with van der Waals surface area (Å²) >= 11 is 0. The number of nitrogens with zero attached hydrogens (tertiary/aromatic N) is 3. The largest absolute Gasteiger partial charge is 0.410 e. The topological polar surface area (TPSA) is 137 Å². The van der Waals surface area contributed by atoms with E-state index in [9.17, 15) is 14.4 Å². The number of nitrogens with two attached hydrogens (primary N) is 1. The van der Waals surface area contributed by atoms with Gasteiger partial charge in [-0.25, -0.2) is 9.78 Å². The summed E-state index contributed by atoms with van der Waals surface area (Å²) in [6.45, 7) is 2.02. The zero-order valence-corrected chi connectivity index (χ0v) is 14.5. The van der Waals surface area contributed by atoms with E-state index < -0.39 is 6.09 Å².